The Morgan fingerprint density at radius 2 is 0.847 bits per heavy atom. The van der Waals surface area contributed by atoms with E-state index < -0.39 is 0 Å². The van der Waals surface area contributed by atoms with Crippen LogP contribution >= 0.6 is 15.9 Å². The molecule has 1 N–H and O–H groups in total. The number of para-hydroxylation sites is 4. The Morgan fingerprint density at radius 1 is 0.339 bits per heavy atom. The van der Waals surface area contributed by atoms with Crippen molar-refractivity contribution >= 4 is 103 Å². The summed E-state index contributed by atoms with van der Waals surface area (Å²) in [5.74, 6) is 0.885. The maximum Gasteiger partial charge on any atom is 0.138 e. The summed E-state index contributed by atoms with van der Waals surface area (Å²) < 4.78 is 7.92. The average Bonchev–Trinajstić information content (AvgIpc) is 4.02. The lowest BCUT2D eigenvalue weighted by Crippen LogP contribution is -1.98. The summed E-state index contributed by atoms with van der Waals surface area (Å²) in [6, 6.07) is 68.3. The number of hydrogen-bond donors (Lipinski definition) is 1. The number of H-pyrrole nitrogens is 1. The summed E-state index contributed by atoms with van der Waals surface area (Å²) in [5, 5.41) is 9.80. The molecule has 5 heterocycles. The number of halogens is 1. The van der Waals surface area contributed by atoms with Crippen LogP contribution in [0.4, 0.5) is 0 Å². The number of aromatic amines is 1. The molecule has 0 saturated carbocycles. The van der Waals surface area contributed by atoms with E-state index in [0.717, 1.165) is 43.9 Å². The van der Waals surface area contributed by atoms with Crippen molar-refractivity contribution in [1.29, 1.82) is 0 Å². The lowest BCUT2D eigenvalue weighted by atomic mass is 10.0. The zero-order valence-electron chi connectivity index (χ0n) is 31.6. The van der Waals surface area contributed by atoms with Crippen molar-refractivity contribution in [2.24, 2.45) is 0 Å². The van der Waals surface area contributed by atoms with Gasteiger partial charge in [0.05, 0.1) is 33.1 Å². The lowest BCUT2D eigenvalue weighted by molar-refractivity contribution is 1.06. The van der Waals surface area contributed by atoms with E-state index in [2.05, 4.69) is 211 Å². The topological polar surface area (TPSA) is 43.5 Å². The molecule has 0 aliphatic heterocycles. The van der Waals surface area contributed by atoms with Gasteiger partial charge in [-0.3, -0.25) is 4.57 Å². The Morgan fingerprint density at radius 3 is 1.61 bits per heavy atom. The van der Waals surface area contributed by atoms with Gasteiger partial charge in [0.2, 0.25) is 0 Å². The van der Waals surface area contributed by atoms with Crippen molar-refractivity contribution in [3.05, 3.63) is 193 Å². The molecule has 0 unspecified atom stereocenters. The van der Waals surface area contributed by atoms with Gasteiger partial charge >= 0.3 is 0 Å². The van der Waals surface area contributed by atoms with Crippen LogP contribution in [0.25, 0.3) is 116 Å². The highest BCUT2D eigenvalue weighted by Crippen LogP contribution is 2.40. The molecule has 13 aromatic rings. The van der Waals surface area contributed by atoms with Crippen molar-refractivity contribution in [2.45, 2.75) is 0 Å². The van der Waals surface area contributed by atoms with Crippen LogP contribution in [0.15, 0.2) is 193 Å². The van der Waals surface area contributed by atoms with Crippen molar-refractivity contribution in [2.75, 3.05) is 0 Å². The Balaban J connectivity index is 0.996. The average molecular weight is 819 g/mol. The number of fused-ring (bicyclic) bond motifs is 12. The third-order valence-corrected chi connectivity index (χ3v) is 12.7. The van der Waals surface area contributed by atoms with E-state index in [-0.39, 0.29) is 0 Å². The van der Waals surface area contributed by atoms with Crippen molar-refractivity contribution in [1.82, 2.24) is 23.7 Å². The second-order valence-corrected chi connectivity index (χ2v) is 16.3. The lowest BCUT2D eigenvalue weighted by Gasteiger charge is -2.11. The van der Waals surface area contributed by atoms with Gasteiger partial charge in [0.1, 0.15) is 10.4 Å². The maximum absolute atomic E-state index is 4.85. The van der Waals surface area contributed by atoms with Crippen LogP contribution in [0.2, 0.25) is 0 Å². The largest absolute Gasteiger partial charge is 0.355 e. The summed E-state index contributed by atoms with van der Waals surface area (Å²) >= 11 is 3.60. The number of pyridine rings is 1. The second kappa shape index (κ2) is 12.3. The SMILES string of the molecule is Brc1cccc(-n2c3ccccc3c3cc(-n4c5ccccc5c5ccc(-c6ccc7c(c6)c6ccccc6n7-c6ccc7[nH]c8ccccc8c7c6)cc54)ccc32)n1. The molecule has 59 heavy (non-hydrogen) atoms. The van der Waals surface area contributed by atoms with E-state index in [1.807, 2.05) is 12.1 Å². The second-order valence-electron chi connectivity index (χ2n) is 15.4. The molecule has 8 aromatic carbocycles. The molecule has 0 radical (unpaired) electrons. The predicted octanol–water partition coefficient (Wildman–Crippen LogP) is 14.4. The van der Waals surface area contributed by atoms with Gasteiger partial charge in [-0.1, -0.05) is 97.1 Å². The predicted molar refractivity (Wildman–Crippen MR) is 250 cm³/mol. The molecule has 0 saturated heterocycles. The number of nitrogens with zero attached hydrogens (tertiary/aromatic N) is 4. The van der Waals surface area contributed by atoms with E-state index in [1.165, 1.54) is 76.3 Å². The zero-order valence-corrected chi connectivity index (χ0v) is 33.2. The highest BCUT2D eigenvalue weighted by molar-refractivity contribution is 9.10. The van der Waals surface area contributed by atoms with Crippen LogP contribution in [0.5, 0.6) is 0 Å². The van der Waals surface area contributed by atoms with Crippen molar-refractivity contribution in [3.8, 4) is 28.3 Å². The van der Waals surface area contributed by atoms with Gasteiger partial charge in [0.15, 0.2) is 0 Å². The first kappa shape index (κ1) is 32.7. The normalized spacial score (nSPS) is 12.2. The van der Waals surface area contributed by atoms with Crippen LogP contribution in [-0.2, 0) is 0 Å². The minimum absolute atomic E-state index is 0.812. The highest BCUT2D eigenvalue weighted by atomic mass is 79.9. The number of rotatable bonds is 4. The van der Waals surface area contributed by atoms with E-state index in [1.54, 1.807) is 0 Å². The van der Waals surface area contributed by atoms with Gasteiger partial charge in [0, 0.05) is 65.5 Å². The first-order chi connectivity index (χ1) is 29.2. The first-order valence-corrected chi connectivity index (χ1v) is 20.7. The minimum atomic E-state index is 0.812. The monoisotopic (exact) mass is 817 g/mol. The molecule has 5 nitrogen and oxygen atoms in total. The Hall–Kier alpha value is -7.41. The molecule has 0 spiro atoms. The fraction of sp³-hybridized carbons (Fsp3) is 0. The summed E-state index contributed by atoms with van der Waals surface area (Å²) in [4.78, 5) is 8.45. The van der Waals surface area contributed by atoms with Gasteiger partial charge in [-0.2, -0.15) is 0 Å². The van der Waals surface area contributed by atoms with E-state index in [9.17, 15) is 0 Å². The molecule has 0 aliphatic rings. The fourth-order valence-electron chi connectivity index (χ4n) is 9.70. The summed E-state index contributed by atoms with van der Waals surface area (Å²) in [6.45, 7) is 0. The van der Waals surface area contributed by atoms with Crippen LogP contribution in [0, 0.1) is 0 Å². The quantitative estimate of drug-likeness (QED) is 0.177. The Bertz CT molecular complexity index is 3880. The molecule has 0 aliphatic carbocycles. The highest BCUT2D eigenvalue weighted by Gasteiger charge is 2.19. The Kier molecular flexibility index (Phi) is 6.80. The summed E-state index contributed by atoms with van der Waals surface area (Å²) in [5.41, 5.74) is 13.9. The van der Waals surface area contributed by atoms with E-state index in [0.29, 0.717) is 0 Å². The summed E-state index contributed by atoms with van der Waals surface area (Å²) in [6.07, 6.45) is 0. The molecule has 6 heteroatoms. The number of benzene rings is 8. The van der Waals surface area contributed by atoms with Crippen LogP contribution in [0.1, 0.15) is 0 Å². The minimum Gasteiger partial charge on any atom is -0.355 e. The van der Waals surface area contributed by atoms with Crippen molar-refractivity contribution in [3.63, 3.8) is 0 Å². The van der Waals surface area contributed by atoms with Gasteiger partial charge < -0.3 is 14.1 Å². The number of aromatic nitrogens is 5. The number of hydrogen-bond acceptors (Lipinski definition) is 1. The molecule has 0 bridgehead atoms. The molecular formula is C53H32BrN5. The summed E-state index contributed by atoms with van der Waals surface area (Å²) in [7, 11) is 0. The van der Waals surface area contributed by atoms with Gasteiger partial charge in [-0.25, -0.2) is 4.98 Å². The van der Waals surface area contributed by atoms with Gasteiger partial charge in [-0.15, -0.1) is 0 Å². The van der Waals surface area contributed by atoms with Crippen LogP contribution < -0.4 is 0 Å². The first-order valence-electron chi connectivity index (χ1n) is 19.9. The van der Waals surface area contributed by atoms with Crippen molar-refractivity contribution < 1.29 is 0 Å². The molecule has 0 fully saturated rings. The molecule has 5 aromatic heterocycles. The standard InChI is InChI=1S/C53H32BrN5/c54-52-18-9-19-53(56-52)59-48-17-8-4-13-39(48)43-31-35(23-27-50(43)59)58-46-15-6-2-11-37(46)40-24-20-33(29-51(40)58)32-21-26-49-42(28-32)38-12-3-7-16-47(38)57(49)34-22-25-45-41(30-34)36-10-1-5-14-44(36)55-45/h1-31,55H. The molecule has 0 atom stereocenters. The van der Waals surface area contributed by atoms with Crippen LogP contribution in [-0.4, -0.2) is 23.7 Å². The molecule has 276 valence electrons. The maximum atomic E-state index is 4.85. The van der Waals surface area contributed by atoms with E-state index in [4.69, 9.17) is 4.98 Å². The van der Waals surface area contributed by atoms with Gasteiger partial charge in [0.25, 0.3) is 0 Å². The third kappa shape index (κ3) is 4.75. The zero-order chi connectivity index (χ0) is 38.8. The fourth-order valence-corrected chi connectivity index (χ4v) is 10.0. The van der Waals surface area contributed by atoms with Crippen LogP contribution in [0.3, 0.4) is 0 Å². The van der Waals surface area contributed by atoms with Gasteiger partial charge in [-0.05, 0) is 118 Å². The number of nitrogens with one attached hydrogen (secondary N) is 1. The molecular weight excluding hydrogens is 787 g/mol. The third-order valence-electron chi connectivity index (χ3n) is 12.3. The van der Waals surface area contributed by atoms with E-state index >= 15 is 0 Å². The molecule has 0 amide bonds. The smallest absolute Gasteiger partial charge is 0.138 e. The Labute approximate surface area is 346 Å². The molecule has 13 rings (SSSR count).